The highest BCUT2D eigenvalue weighted by Crippen LogP contribution is 2.33. The zero-order valence-corrected chi connectivity index (χ0v) is 8.42. The molecule has 0 amide bonds. The summed E-state index contributed by atoms with van der Waals surface area (Å²) in [6.07, 6.45) is 2.49. The number of rotatable bonds is 2. The van der Waals surface area contributed by atoms with Crippen LogP contribution < -0.4 is 0 Å². The lowest BCUT2D eigenvalue weighted by atomic mass is 9.98. The van der Waals surface area contributed by atoms with Gasteiger partial charge < -0.3 is 9.15 Å². The molecule has 0 unspecified atom stereocenters. The summed E-state index contributed by atoms with van der Waals surface area (Å²) in [5.41, 5.74) is 0. The van der Waals surface area contributed by atoms with Crippen molar-refractivity contribution in [3.8, 4) is 0 Å². The Labute approximate surface area is 87.0 Å². The molecule has 0 aromatic carbocycles. The molecule has 0 atom stereocenters. The Morgan fingerprint density at radius 3 is 2.71 bits per heavy atom. The molecule has 1 aromatic heterocycles. The molecule has 1 aliphatic rings. The maximum absolute atomic E-state index is 10.5. The number of furan rings is 1. The van der Waals surface area contributed by atoms with Crippen LogP contribution in [0.15, 0.2) is 10.5 Å². The van der Waals surface area contributed by atoms with Crippen molar-refractivity contribution in [2.75, 3.05) is 13.2 Å². The molecule has 0 N–H and O–H groups in total. The van der Waals surface area contributed by atoms with Gasteiger partial charge in [-0.25, -0.2) is 0 Å². The van der Waals surface area contributed by atoms with Crippen LogP contribution in [0.5, 0.6) is 0 Å². The van der Waals surface area contributed by atoms with Gasteiger partial charge in [0.15, 0.2) is 12.0 Å². The third-order valence-corrected chi connectivity index (χ3v) is 2.74. The first-order valence-corrected chi connectivity index (χ1v) is 5.01. The standard InChI is InChI=1S/C10H11ClO3/c11-9-5-8(6-12)14-10(9)7-1-3-13-4-2-7/h5-7H,1-4H2. The van der Waals surface area contributed by atoms with E-state index < -0.39 is 0 Å². The second-order valence-corrected chi connectivity index (χ2v) is 3.77. The summed E-state index contributed by atoms with van der Waals surface area (Å²) in [6, 6.07) is 1.57. The molecule has 1 aliphatic heterocycles. The summed E-state index contributed by atoms with van der Waals surface area (Å²) < 4.78 is 10.6. The highest BCUT2D eigenvalue weighted by Gasteiger charge is 2.22. The first-order valence-electron chi connectivity index (χ1n) is 4.63. The van der Waals surface area contributed by atoms with Crippen LogP contribution in [0.1, 0.15) is 35.1 Å². The van der Waals surface area contributed by atoms with E-state index in [4.69, 9.17) is 20.8 Å². The molecular formula is C10H11ClO3. The summed E-state index contributed by atoms with van der Waals surface area (Å²) in [7, 11) is 0. The van der Waals surface area contributed by atoms with Crippen LogP contribution in [-0.2, 0) is 4.74 Å². The van der Waals surface area contributed by atoms with Gasteiger partial charge in [-0.05, 0) is 12.8 Å². The van der Waals surface area contributed by atoms with E-state index in [1.807, 2.05) is 0 Å². The maximum Gasteiger partial charge on any atom is 0.185 e. The smallest absolute Gasteiger partial charge is 0.185 e. The van der Waals surface area contributed by atoms with Crippen molar-refractivity contribution in [3.05, 3.63) is 22.6 Å². The van der Waals surface area contributed by atoms with E-state index in [-0.39, 0.29) is 0 Å². The fourth-order valence-corrected chi connectivity index (χ4v) is 2.00. The predicted octanol–water partition coefficient (Wildman–Crippen LogP) is 2.64. The third-order valence-electron chi connectivity index (χ3n) is 2.44. The Kier molecular flexibility index (Phi) is 2.89. The molecule has 14 heavy (non-hydrogen) atoms. The van der Waals surface area contributed by atoms with Crippen LogP contribution in [-0.4, -0.2) is 19.5 Å². The van der Waals surface area contributed by atoms with Crippen LogP contribution in [0, 0.1) is 0 Å². The van der Waals surface area contributed by atoms with Gasteiger partial charge in [-0.2, -0.15) is 0 Å². The number of hydrogen-bond donors (Lipinski definition) is 0. The quantitative estimate of drug-likeness (QED) is 0.711. The number of aldehydes is 1. The van der Waals surface area contributed by atoms with Crippen molar-refractivity contribution >= 4 is 17.9 Å². The Balaban J connectivity index is 2.20. The molecule has 0 radical (unpaired) electrons. The first-order chi connectivity index (χ1) is 6.81. The minimum atomic E-state index is 0.296. The fraction of sp³-hybridized carbons (Fsp3) is 0.500. The Bertz CT molecular complexity index is 326. The van der Waals surface area contributed by atoms with Gasteiger partial charge in [0.25, 0.3) is 0 Å². The molecule has 2 rings (SSSR count). The summed E-state index contributed by atoms with van der Waals surface area (Å²) in [5.74, 6) is 1.33. The first kappa shape index (κ1) is 9.74. The third kappa shape index (κ3) is 1.83. The van der Waals surface area contributed by atoms with Gasteiger partial charge >= 0.3 is 0 Å². The van der Waals surface area contributed by atoms with E-state index in [2.05, 4.69) is 0 Å². The number of carbonyl (C=O) groups is 1. The molecule has 2 heterocycles. The van der Waals surface area contributed by atoms with E-state index in [9.17, 15) is 4.79 Å². The van der Waals surface area contributed by atoms with Crippen molar-refractivity contribution in [1.29, 1.82) is 0 Å². The average Bonchev–Trinajstić information content (AvgIpc) is 2.61. The molecule has 0 bridgehead atoms. The Morgan fingerprint density at radius 1 is 1.43 bits per heavy atom. The van der Waals surface area contributed by atoms with E-state index >= 15 is 0 Å². The van der Waals surface area contributed by atoms with E-state index in [1.54, 1.807) is 6.07 Å². The van der Waals surface area contributed by atoms with Crippen molar-refractivity contribution < 1.29 is 13.9 Å². The van der Waals surface area contributed by atoms with E-state index in [1.165, 1.54) is 0 Å². The molecular weight excluding hydrogens is 204 g/mol. The minimum Gasteiger partial charge on any atom is -0.456 e. The summed E-state index contributed by atoms with van der Waals surface area (Å²) in [6.45, 7) is 1.47. The molecule has 1 fully saturated rings. The van der Waals surface area contributed by atoms with Crippen molar-refractivity contribution in [1.82, 2.24) is 0 Å². The van der Waals surface area contributed by atoms with Crippen LogP contribution in [0.4, 0.5) is 0 Å². The predicted molar refractivity (Wildman–Crippen MR) is 51.9 cm³/mol. The lowest BCUT2D eigenvalue weighted by molar-refractivity contribution is 0.0802. The average molecular weight is 215 g/mol. The van der Waals surface area contributed by atoms with Gasteiger partial charge in [0.05, 0.1) is 5.02 Å². The molecule has 4 heteroatoms. The number of ether oxygens (including phenoxy) is 1. The van der Waals surface area contributed by atoms with Crippen molar-refractivity contribution in [2.24, 2.45) is 0 Å². The molecule has 3 nitrogen and oxygen atoms in total. The molecule has 0 spiro atoms. The molecule has 0 aliphatic carbocycles. The van der Waals surface area contributed by atoms with Crippen LogP contribution in [0.2, 0.25) is 5.02 Å². The van der Waals surface area contributed by atoms with E-state index in [0.717, 1.165) is 31.8 Å². The minimum absolute atomic E-state index is 0.296. The number of halogens is 1. The van der Waals surface area contributed by atoms with Crippen molar-refractivity contribution in [3.63, 3.8) is 0 Å². The zero-order valence-electron chi connectivity index (χ0n) is 7.66. The number of hydrogen-bond acceptors (Lipinski definition) is 3. The molecule has 1 saturated heterocycles. The van der Waals surface area contributed by atoms with Crippen LogP contribution in [0.3, 0.4) is 0 Å². The Morgan fingerprint density at radius 2 is 2.14 bits per heavy atom. The lowest BCUT2D eigenvalue weighted by Gasteiger charge is -2.20. The summed E-state index contributed by atoms with van der Waals surface area (Å²) in [5, 5.41) is 0.555. The Hall–Kier alpha value is -0.800. The van der Waals surface area contributed by atoms with Gasteiger partial charge in [0, 0.05) is 25.2 Å². The monoisotopic (exact) mass is 214 g/mol. The largest absolute Gasteiger partial charge is 0.456 e. The van der Waals surface area contributed by atoms with Crippen LogP contribution in [0.25, 0.3) is 0 Å². The lowest BCUT2D eigenvalue weighted by Crippen LogP contribution is -2.13. The topological polar surface area (TPSA) is 39.4 Å². The fourth-order valence-electron chi connectivity index (χ4n) is 1.70. The highest BCUT2D eigenvalue weighted by molar-refractivity contribution is 6.31. The van der Waals surface area contributed by atoms with Gasteiger partial charge in [-0.1, -0.05) is 11.6 Å². The molecule has 1 aromatic rings. The van der Waals surface area contributed by atoms with E-state index in [0.29, 0.717) is 23.0 Å². The second-order valence-electron chi connectivity index (χ2n) is 3.37. The van der Waals surface area contributed by atoms with Gasteiger partial charge in [-0.3, -0.25) is 4.79 Å². The van der Waals surface area contributed by atoms with Gasteiger partial charge in [-0.15, -0.1) is 0 Å². The van der Waals surface area contributed by atoms with Crippen molar-refractivity contribution in [2.45, 2.75) is 18.8 Å². The molecule has 0 saturated carbocycles. The van der Waals surface area contributed by atoms with Gasteiger partial charge in [0.1, 0.15) is 5.76 Å². The normalized spacial score (nSPS) is 18.4. The SMILES string of the molecule is O=Cc1cc(Cl)c(C2CCOCC2)o1. The summed E-state index contributed by atoms with van der Waals surface area (Å²) >= 11 is 5.96. The van der Waals surface area contributed by atoms with Gasteiger partial charge in [0.2, 0.25) is 0 Å². The maximum atomic E-state index is 10.5. The molecule has 76 valence electrons. The van der Waals surface area contributed by atoms with Crippen LogP contribution >= 0.6 is 11.6 Å². The zero-order chi connectivity index (χ0) is 9.97. The highest BCUT2D eigenvalue weighted by atomic mass is 35.5. The number of carbonyl (C=O) groups excluding carboxylic acids is 1. The second kappa shape index (κ2) is 4.15. The summed E-state index contributed by atoms with van der Waals surface area (Å²) in [4.78, 5) is 10.5.